The Morgan fingerprint density at radius 3 is 2.59 bits per heavy atom. The number of carbonyl (C=O) groups is 1. The molecule has 0 aliphatic heterocycles. The summed E-state index contributed by atoms with van der Waals surface area (Å²) in [5.74, 6) is 0.120. The number of nitrogens with one attached hydrogen (secondary N) is 1. The molecule has 17 heavy (non-hydrogen) atoms. The summed E-state index contributed by atoms with van der Waals surface area (Å²) < 4.78 is 0. The Morgan fingerprint density at radius 1 is 1.47 bits per heavy atom. The van der Waals surface area contributed by atoms with Crippen LogP contribution in [0, 0.1) is 5.92 Å². The number of anilines is 2. The van der Waals surface area contributed by atoms with Crippen molar-refractivity contribution in [1.82, 2.24) is 0 Å². The van der Waals surface area contributed by atoms with Crippen LogP contribution in [-0.2, 0) is 0 Å². The summed E-state index contributed by atoms with van der Waals surface area (Å²) in [6, 6.07) is 5.43. The Hall–Kier alpha value is -1.55. The van der Waals surface area contributed by atoms with E-state index in [1.54, 1.807) is 12.1 Å². The Morgan fingerprint density at radius 2 is 2.12 bits per heavy atom. The van der Waals surface area contributed by atoms with E-state index in [-0.39, 0.29) is 24.3 Å². The number of hydrogen-bond donors (Lipinski definition) is 3. The first-order valence-electron chi connectivity index (χ1n) is 5.73. The van der Waals surface area contributed by atoms with Crippen molar-refractivity contribution in [3.8, 4) is 0 Å². The normalized spacial score (nSPS) is 14.1. The maximum atomic E-state index is 11.2. The monoisotopic (exact) mass is 236 g/mol. The lowest BCUT2D eigenvalue weighted by atomic mass is 10.0. The molecule has 0 spiro atoms. The standard InChI is InChI=1S/C13H20N2O2/c1-8(7-16)9(2)15-11-4-5-12(10(3)17)13(14)6-11/h4-6,8-9,15-16H,7,14H2,1-3H3. The molecule has 0 aliphatic carbocycles. The first-order chi connectivity index (χ1) is 7.95. The van der Waals surface area contributed by atoms with Crippen molar-refractivity contribution in [2.45, 2.75) is 26.8 Å². The summed E-state index contributed by atoms with van der Waals surface area (Å²) in [5, 5.41) is 12.3. The van der Waals surface area contributed by atoms with Crippen molar-refractivity contribution in [2.24, 2.45) is 5.92 Å². The second-order valence-corrected chi connectivity index (χ2v) is 4.45. The predicted molar refractivity (Wildman–Crippen MR) is 70.2 cm³/mol. The molecular weight excluding hydrogens is 216 g/mol. The number of nitrogens with two attached hydrogens (primary N) is 1. The van der Waals surface area contributed by atoms with E-state index in [0.29, 0.717) is 11.3 Å². The van der Waals surface area contributed by atoms with Crippen molar-refractivity contribution in [3.63, 3.8) is 0 Å². The van der Waals surface area contributed by atoms with E-state index in [1.165, 1.54) is 6.92 Å². The highest BCUT2D eigenvalue weighted by molar-refractivity contribution is 5.99. The maximum Gasteiger partial charge on any atom is 0.161 e. The van der Waals surface area contributed by atoms with Gasteiger partial charge < -0.3 is 16.2 Å². The van der Waals surface area contributed by atoms with Gasteiger partial charge in [0.05, 0.1) is 0 Å². The number of Topliss-reactive ketones (excluding diaryl/α,β-unsaturated/α-hetero) is 1. The molecule has 0 heterocycles. The average Bonchev–Trinajstić information content (AvgIpc) is 2.27. The van der Waals surface area contributed by atoms with Crippen LogP contribution in [0.2, 0.25) is 0 Å². The average molecular weight is 236 g/mol. The Labute approximate surface area is 102 Å². The number of hydrogen-bond acceptors (Lipinski definition) is 4. The number of aliphatic hydroxyl groups excluding tert-OH is 1. The smallest absolute Gasteiger partial charge is 0.161 e. The lowest BCUT2D eigenvalue weighted by molar-refractivity contribution is 0.101. The molecule has 1 rings (SSSR count). The molecule has 0 bridgehead atoms. The molecule has 2 atom stereocenters. The number of ketones is 1. The summed E-state index contributed by atoms with van der Waals surface area (Å²) in [7, 11) is 0. The Bertz CT molecular complexity index is 404. The van der Waals surface area contributed by atoms with Gasteiger partial charge in [0.1, 0.15) is 0 Å². The van der Waals surface area contributed by atoms with E-state index in [9.17, 15) is 4.79 Å². The third-order valence-corrected chi connectivity index (χ3v) is 2.97. The maximum absolute atomic E-state index is 11.2. The van der Waals surface area contributed by atoms with Crippen molar-refractivity contribution in [1.29, 1.82) is 0 Å². The highest BCUT2D eigenvalue weighted by Gasteiger charge is 2.11. The second-order valence-electron chi connectivity index (χ2n) is 4.45. The van der Waals surface area contributed by atoms with Gasteiger partial charge in [0.2, 0.25) is 0 Å². The van der Waals surface area contributed by atoms with Gasteiger partial charge in [-0.05, 0) is 38.0 Å². The third kappa shape index (κ3) is 3.46. The molecule has 1 aromatic carbocycles. The van der Waals surface area contributed by atoms with Gasteiger partial charge in [-0.1, -0.05) is 6.92 Å². The minimum Gasteiger partial charge on any atom is -0.398 e. The van der Waals surface area contributed by atoms with Crippen LogP contribution >= 0.6 is 0 Å². The highest BCUT2D eigenvalue weighted by Crippen LogP contribution is 2.20. The Balaban J connectivity index is 2.81. The number of rotatable bonds is 5. The molecule has 94 valence electrons. The van der Waals surface area contributed by atoms with Crippen LogP contribution in [0.1, 0.15) is 31.1 Å². The van der Waals surface area contributed by atoms with E-state index in [4.69, 9.17) is 10.8 Å². The van der Waals surface area contributed by atoms with Crippen molar-refractivity contribution < 1.29 is 9.90 Å². The Kier molecular flexibility index (Phi) is 4.52. The van der Waals surface area contributed by atoms with Crippen LogP contribution in [0.25, 0.3) is 0 Å². The van der Waals surface area contributed by atoms with Crippen LogP contribution in [0.5, 0.6) is 0 Å². The number of aliphatic hydroxyl groups is 1. The minimum absolute atomic E-state index is 0.0363. The fourth-order valence-corrected chi connectivity index (χ4v) is 1.54. The van der Waals surface area contributed by atoms with Gasteiger partial charge in [-0.3, -0.25) is 4.79 Å². The summed E-state index contributed by atoms with van der Waals surface area (Å²) in [6.45, 7) is 5.59. The number of benzene rings is 1. The third-order valence-electron chi connectivity index (χ3n) is 2.97. The van der Waals surface area contributed by atoms with Gasteiger partial charge in [-0.2, -0.15) is 0 Å². The predicted octanol–water partition coefficient (Wildman–Crippen LogP) is 1.90. The van der Waals surface area contributed by atoms with Gasteiger partial charge in [-0.25, -0.2) is 0 Å². The van der Waals surface area contributed by atoms with E-state index in [0.717, 1.165) is 5.69 Å². The van der Waals surface area contributed by atoms with E-state index in [2.05, 4.69) is 5.32 Å². The van der Waals surface area contributed by atoms with Gasteiger partial charge in [0.25, 0.3) is 0 Å². The lowest BCUT2D eigenvalue weighted by Gasteiger charge is -2.21. The molecule has 0 aliphatic rings. The van der Waals surface area contributed by atoms with Gasteiger partial charge in [0.15, 0.2) is 5.78 Å². The molecule has 0 amide bonds. The van der Waals surface area contributed by atoms with E-state index in [1.807, 2.05) is 19.9 Å². The molecule has 4 nitrogen and oxygen atoms in total. The van der Waals surface area contributed by atoms with Crippen LogP contribution in [0.3, 0.4) is 0 Å². The molecular formula is C13H20N2O2. The molecule has 4 N–H and O–H groups in total. The zero-order valence-corrected chi connectivity index (χ0v) is 10.5. The molecule has 1 aromatic rings. The molecule has 0 saturated carbocycles. The largest absolute Gasteiger partial charge is 0.398 e. The number of nitrogen functional groups attached to an aromatic ring is 1. The summed E-state index contributed by atoms with van der Waals surface area (Å²) in [6.07, 6.45) is 0. The SMILES string of the molecule is CC(=O)c1ccc(NC(C)C(C)CO)cc1N. The topological polar surface area (TPSA) is 75.3 Å². The lowest BCUT2D eigenvalue weighted by Crippen LogP contribution is -2.26. The fraction of sp³-hybridized carbons (Fsp3) is 0.462. The second kappa shape index (κ2) is 5.68. The minimum atomic E-state index is -0.0363. The van der Waals surface area contributed by atoms with Crippen LogP contribution in [-0.4, -0.2) is 23.5 Å². The fourth-order valence-electron chi connectivity index (χ4n) is 1.54. The van der Waals surface area contributed by atoms with Gasteiger partial charge in [0, 0.05) is 29.6 Å². The molecule has 0 saturated heterocycles. The summed E-state index contributed by atoms with van der Waals surface area (Å²) >= 11 is 0. The van der Waals surface area contributed by atoms with Gasteiger partial charge >= 0.3 is 0 Å². The van der Waals surface area contributed by atoms with Crippen LogP contribution in [0.4, 0.5) is 11.4 Å². The zero-order chi connectivity index (χ0) is 13.0. The molecule has 4 heteroatoms. The number of carbonyl (C=O) groups excluding carboxylic acids is 1. The zero-order valence-electron chi connectivity index (χ0n) is 10.5. The van der Waals surface area contributed by atoms with Crippen molar-refractivity contribution in [3.05, 3.63) is 23.8 Å². The first kappa shape index (κ1) is 13.5. The molecule has 2 unspecified atom stereocenters. The molecule has 0 fully saturated rings. The van der Waals surface area contributed by atoms with Gasteiger partial charge in [-0.15, -0.1) is 0 Å². The van der Waals surface area contributed by atoms with Crippen LogP contribution < -0.4 is 11.1 Å². The molecule has 0 aromatic heterocycles. The highest BCUT2D eigenvalue weighted by atomic mass is 16.3. The summed E-state index contributed by atoms with van der Waals surface area (Å²) in [5.41, 5.74) is 7.68. The van der Waals surface area contributed by atoms with E-state index >= 15 is 0 Å². The molecule has 0 radical (unpaired) electrons. The summed E-state index contributed by atoms with van der Waals surface area (Å²) in [4.78, 5) is 11.2. The quantitative estimate of drug-likeness (QED) is 0.539. The van der Waals surface area contributed by atoms with Crippen molar-refractivity contribution >= 4 is 17.2 Å². The van der Waals surface area contributed by atoms with Crippen LogP contribution in [0.15, 0.2) is 18.2 Å². The first-order valence-corrected chi connectivity index (χ1v) is 5.73. The van der Waals surface area contributed by atoms with E-state index < -0.39 is 0 Å². The van der Waals surface area contributed by atoms with Crippen molar-refractivity contribution in [2.75, 3.05) is 17.7 Å².